The van der Waals surface area contributed by atoms with Gasteiger partial charge in [-0.25, -0.2) is 0 Å². The molecule has 0 aromatic heterocycles. The van der Waals surface area contributed by atoms with Crippen LogP contribution >= 0.6 is 0 Å². The molecule has 0 spiro atoms. The van der Waals surface area contributed by atoms with E-state index in [0.29, 0.717) is 6.42 Å². The number of nitrogens with zero attached hydrogens (tertiary/aromatic N) is 1. The van der Waals surface area contributed by atoms with E-state index < -0.39 is 0 Å². The molecule has 220 valence electrons. The van der Waals surface area contributed by atoms with E-state index in [1.165, 1.54) is 0 Å². The molecule has 0 aliphatic carbocycles. The van der Waals surface area contributed by atoms with Gasteiger partial charge in [0.05, 0.1) is 5.92 Å². The van der Waals surface area contributed by atoms with Gasteiger partial charge in [0.1, 0.15) is 0 Å². The highest BCUT2D eigenvalue weighted by atomic mass is 16.2. The van der Waals surface area contributed by atoms with Crippen molar-refractivity contribution in [3.63, 3.8) is 0 Å². The topological polar surface area (TPSA) is 49.4 Å². The summed E-state index contributed by atoms with van der Waals surface area (Å²) in [5.41, 5.74) is 8.07. The second-order valence-corrected chi connectivity index (χ2v) is 11.7. The highest BCUT2D eigenvalue weighted by molar-refractivity contribution is 6.03. The van der Waals surface area contributed by atoms with Crippen LogP contribution in [0, 0.1) is 12.8 Å². The smallest absolute Gasteiger partial charge is 0.232 e. The van der Waals surface area contributed by atoms with Crippen molar-refractivity contribution in [2.75, 3.05) is 23.3 Å². The van der Waals surface area contributed by atoms with Crippen molar-refractivity contribution in [1.29, 1.82) is 0 Å². The van der Waals surface area contributed by atoms with E-state index in [1.54, 1.807) is 0 Å². The van der Waals surface area contributed by atoms with Crippen molar-refractivity contribution in [3.8, 4) is 11.1 Å². The van der Waals surface area contributed by atoms with Crippen LogP contribution in [0.15, 0.2) is 133 Å². The van der Waals surface area contributed by atoms with Crippen LogP contribution in [0.5, 0.6) is 0 Å². The molecule has 4 heteroatoms. The fourth-order valence-corrected chi connectivity index (χ4v) is 6.47. The van der Waals surface area contributed by atoms with Crippen molar-refractivity contribution in [2.45, 2.75) is 32.1 Å². The quantitative estimate of drug-likeness (QED) is 0.178. The van der Waals surface area contributed by atoms with E-state index in [4.69, 9.17) is 0 Å². The molecule has 1 heterocycles. The molecule has 1 atom stereocenters. The van der Waals surface area contributed by atoms with Gasteiger partial charge in [-0.2, -0.15) is 0 Å². The van der Waals surface area contributed by atoms with Crippen molar-refractivity contribution in [3.05, 3.63) is 156 Å². The number of nitrogens with one attached hydrogen (secondary N) is 1. The van der Waals surface area contributed by atoms with Crippen LogP contribution in [0.4, 0.5) is 11.4 Å². The molecule has 4 nitrogen and oxygen atoms in total. The lowest BCUT2D eigenvalue weighted by Gasteiger charge is -2.37. The number of aryl methyl sites for hydroxylation is 1. The van der Waals surface area contributed by atoms with Gasteiger partial charge in [0, 0.05) is 36.4 Å². The highest BCUT2D eigenvalue weighted by Crippen LogP contribution is 2.35. The lowest BCUT2D eigenvalue weighted by atomic mass is 9.79. The third kappa shape index (κ3) is 6.65. The Morgan fingerprint density at radius 1 is 0.705 bits per heavy atom. The normalized spacial score (nSPS) is 14.2. The van der Waals surface area contributed by atoms with Crippen LogP contribution in [0.2, 0.25) is 0 Å². The molecule has 1 amide bonds. The largest absolute Gasteiger partial charge is 0.372 e. The monoisotopic (exact) mass is 578 g/mol. The minimum Gasteiger partial charge on any atom is -0.372 e. The molecule has 1 aliphatic rings. The summed E-state index contributed by atoms with van der Waals surface area (Å²) in [6.45, 7) is 3.85. The first kappa shape index (κ1) is 29.1. The highest BCUT2D eigenvalue weighted by Gasteiger charge is 2.33. The molecule has 1 aliphatic heterocycles. The van der Waals surface area contributed by atoms with E-state index in [2.05, 4.69) is 65.7 Å². The van der Waals surface area contributed by atoms with Gasteiger partial charge in [0.15, 0.2) is 5.78 Å². The van der Waals surface area contributed by atoms with Crippen LogP contribution < -0.4 is 10.2 Å². The van der Waals surface area contributed by atoms with Gasteiger partial charge in [-0.05, 0) is 77.8 Å². The second-order valence-electron chi connectivity index (χ2n) is 11.7. The number of benzene rings is 5. The number of carbonyl (C=O) groups is 2. The minimum atomic E-state index is -0.200. The zero-order chi connectivity index (χ0) is 30.3. The Hall–Kier alpha value is -4.96. The molecular formula is C40H38N2O2. The summed E-state index contributed by atoms with van der Waals surface area (Å²) in [5, 5.41) is 3.15. The van der Waals surface area contributed by atoms with Crippen LogP contribution in [0.25, 0.3) is 11.1 Å². The second kappa shape index (κ2) is 13.6. The zero-order valence-corrected chi connectivity index (χ0v) is 25.2. The van der Waals surface area contributed by atoms with Crippen molar-refractivity contribution >= 4 is 23.1 Å². The van der Waals surface area contributed by atoms with Crippen molar-refractivity contribution in [2.24, 2.45) is 5.92 Å². The molecule has 1 saturated heterocycles. The Labute approximate surface area is 260 Å². The molecule has 1 fully saturated rings. The number of hydrogen-bond acceptors (Lipinski definition) is 3. The Morgan fingerprint density at radius 2 is 1.30 bits per heavy atom. The number of rotatable bonds is 9. The van der Waals surface area contributed by atoms with Gasteiger partial charge < -0.3 is 10.2 Å². The molecule has 0 bridgehead atoms. The maximum absolute atomic E-state index is 13.6. The summed E-state index contributed by atoms with van der Waals surface area (Å²) in [6.07, 6.45) is 2.22. The predicted octanol–water partition coefficient (Wildman–Crippen LogP) is 8.73. The lowest BCUT2D eigenvalue weighted by Crippen LogP contribution is -2.38. The summed E-state index contributed by atoms with van der Waals surface area (Å²) >= 11 is 0. The van der Waals surface area contributed by atoms with E-state index in [1.807, 2.05) is 84.9 Å². The maximum atomic E-state index is 13.6. The lowest BCUT2D eigenvalue weighted by molar-refractivity contribution is -0.118. The number of hydrogen-bond donors (Lipinski definition) is 1. The summed E-state index contributed by atoms with van der Waals surface area (Å²) < 4.78 is 0. The fraction of sp³-hybridized carbons (Fsp3) is 0.200. The number of piperidine rings is 1. The maximum Gasteiger partial charge on any atom is 0.232 e. The number of amides is 1. The molecule has 5 aromatic rings. The first-order valence-corrected chi connectivity index (χ1v) is 15.5. The molecule has 0 radical (unpaired) electrons. The average Bonchev–Trinajstić information content (AvgIpc) is 3.07. The van der Waals surface area contributed by atoms with Crippen LogP contribution in [0.3, 0.4) is 0 Å². The van der Waals surface area contributed by atoms with Crippen molar-refractivity contribution < 1.29 is 9.59 Å². The third-order valence-electron chi connectivity index (χ3n) is 8.82. The SMILES string of the molecule is Cc1ccccc1-c1ccccc1C(=O)Cc1ccc(N2CCC(C(C(=O)Nc3ccccc3)c3ccccc3)CC2)cc1. The van der Waals surface area contributed by atoms with Gasteiger partial charge in [-0.1, -0.05) is 109 Å². The molecule has 6 rings (SSSR count). The van der Waals surface area contributed by atoms with E-state index in [0.717, 1.165) is 70.7 Å². The number of anilines is 2. The summed E-state index contributed by atoms with van der Waals surface area (Å²) in [7, 11) is 0. The molecule has 5 aromatic carbocycles. The van der Waals surface area contributed by atoms with Gasteiger partial charge in [-0.3, -0.25) is 9.59 Å². The van der Waals surface area contributed by atoms with E-state index in [9.17, 15) is 9.59 Å². The average molecular weight is 579 g/mol. The Morgan fingerprint density at radius 3 is 1.98 bits per heavy atom. The number of para-hydroxylation sites is 1. The van der Waals surface area contributed by atoms with Gasteiger partial charge in [0.2, 0.25) is 5.91 Å². The van der Waals surface area contributed by atoms with Crippen molar-refractivity contribution in [1.82, 2.24) is 0 Å². The van der Waals surface area contributed by atoms with E-state index >= 15 is 0 Å². The van der Waals surface area contributed by atoms with Crippen LogP contribution in [0.1, 0.15) is 45.8 Å². The Balaban J connectivity index is 1.11. The number of carbonyl (C=O) groups excluding carboxylic acids is 2. The molecule has 1 N–H and O–H groups in total. The predicted molar refractivity (Wildman–Crippen MR) is 180 cm³/mol. The number of ketones is 1. The van der Waals surface area contributed by atoms with Gasteiger partial charge in [-0.15, -0.1) is 0 Å². The van der Waals surface area contributed by atoms with Gasteiger partial charge >= 0.3 is 0 Å². The minimum absolute atomic E-state index is 0.0545. The Kier molecular flexibility index (Phi) is 8.98. The fourth-order valence-electron chi connectivity index (χ4n) is 6.47. The first-order valence-electron chi connectivity index (χ1n) is 15.5. The number of Topliss-reactive ketones (excluding diaryl/α,β-unsaturated/α-hetero) is 1. The van der Waals surface area contributed by atoms with Gasteiger partial charge in [0.25, 0.3) is 0 Å². The first-order chi connectivity index (χ1) is 21.6. The summed E-state index contributed by atoms with van der Waals surface area (Å²) in [6, 6.07) is 44.4. The third-order valence-corrected chi connectivity index (χ3v) is 8.82. The van der Waals surface area contributed by atoms with Crippen LogP contribution in [-0.2, 0) is 11.2 Å². The molecule has 0 saturated carbocycles. The summed E-state index contributed by atoms with van der Waals surface area (Å²) in [5.74, 6) is 0.231. The molecule has 44 heavy (non-hydrogen) atoms. The van der Waals surface area contributed by atoms with E-state index in [-0.39, 0.29) is 23.5 Å². The zero-order valence-electron chi connectivity index (χ0n) is 25.2. The standard InChI is InChI=1S/C40H38N2O2/c1-29-12-8-9-17-35(29)36-18-10-11-19-37(36)38(43)28-30-20-22-34(23-21-30)42-26-24-32(25-27-42)39(31-13-4-2-5-14-31)40(44)41-33-15-6-3-7-16-33/h2-23,32,39H,24-28H2,1H3,(H,41,44). The summed E-state index contributed by atoms with van der Waals surface area (Å²) in [4.78, 5) is 29.4. The molecule has 1 unspecified atom stereocenters. The molecular weight excluding hydrogens is 540 g/mol. The Bertz CT molecular complexity index is 1710. The van der Waals surface area contributed by atoms with Crippen LogP contribution in [-0.4, -0.2) is 24.8 Å².